The number of nitrogens with two attached hydrogens (primary N) is 1. The quantitative estimate of drug-likeness (QED) is 0.577. The molecular weight excluding hydrogens is 291 g/mol. The third-order valence-electron chi connectivity index (χ3n) is 1.65. The second-order valence-electron chi connectivity index (χ2n) is 2.84. The molecule has 0 amide bonds. The molecule has 3 nitrogen and oxygen atoms in total. The van der Waals surface area contributed by atoms with Gasteiger partial charge in [-0.25, -0.2) is 0 Å². The van der Waals surface area contributed by atoms with Gasteiger partial charge in [0, 0.05) is 3.57 Å². The highest BCUT2D eigenvalue weighted by atomic mass is 127. The Labute approximate surface area is 97.1 Å². The lowest BCUT2D eigenvalue weighted by Gasteiger charge is -2.06. The van der Waals surface area contributed by atoms with Crippen LogP contribution in [0.25, 0.3) is 6.08 Å². The summed E-state index contributed by atoms with van der Waals surface area (Å²) in [5, 5.41) is 11.5. The molecule has 0 spiro atoms. The lowest BCUT2D eigenvalue weighted by atomic mass is 10.2. The highest BCUT2D eigenvalue weighted by Gasteiger charge is 1.92. The molecule has 14 heavy (non-hydrogen) atoms. The van der Waals surface area contributed by atoms with Crippen molar-refractivity contribution in [1.82, 2.24) is 5.32 Å². The number of rotatable bonds is 4. The van der Waals surface area contributed by atoms with E-state index in [9.17, 15) is 0 Å². The molecule has 0 bridgehead atoms. The topological polar surface area (TPSA) is 58.3 Å². The largest absolute Gasteiger partial charge is 0.393 e. The summed E-state index contributed by atoms with van der Waals surface area (Å²) >= 11 is 2.26. The summed E-state index contributed by atoms with van der Waals surface area (Å²) in [4.78, 5) is 0. The molecule has 4 heteroatoms. The fourth-order valence-corrected chi connectivity index (χ4v) is 1.25. The van der Waals surface area contributed by atoms with Gasteiger partial charge in [0.25, 0.3) is 0 Å². The molecule has 76 valence electrons. The van der Waals surface area contributed by atoms with Crippen molar-refractivity contribution in [3.8, 4) is 0 Å². The third kappa shape index (κ3) is 4.08. The maximum atomic E-state index is 8.65. The zero-order valence-electron chi connectivity index (χ0n) is 7.65. The van der Waals surface area contributed by atoms with Crippen molar-refractivity contribution < 1.29 is 5.11 Å². The summed E-state index contributed by atoms with van der Waals surface area (Å²) in [6, 6.07) is 8.10. The van der Waals surface area contributed by atoms with Crippen molar-refractivity contribution in [3.63, 3.8) is 0 Å². The van der Waals surface area contributed by atoms with Crippen LogP contribution in [-0.2, 0) is 0 Å². The molecule has 1 atom stereocenters. The van der Waals surface area contributed by atoms with Gasteiger partial charge in [-0.1, -0.05) is 12.1 Å². The van der Waals surface area contributed by atoms with Crippen LogP contribution in [0, 0.1) is 3.57 Å². The van der Waals surface area contributed by atoms with Crippen molar-refractivity contribution >= 4 is 28.7 Å². The van der Waals surface area contributed by atoms with Gasteiger partial charge in [-0.3, -0.25) is 0 Å². The first kappa shape index (κ1) is 11.5. The molecule has 4 N–H and O–H groups in total. The Kier molecular flexibility index (Phi) is 4.92. The van der Waals surface area contributed by atoms with E-state index in [-0.39, 0.29) is 6.61 Å². The fourth-order valence-electron chi connectivity index (χ4n) is 0.895. The highest BCUT2D eigenvalue weighted by molar-refractivity contribution is 14.1. The van der Waals surface area contributed by atoms with Gasteiger partial charge in [0.2, 0.25) is 0 Å². The molecule has 0 aromatic heterocycles. The number of halogens is 1. The van der Waals surface area contributed by atoms with Crippen LogP contribution in [0.1, 0.15) is 5.56 Å². The first-order valence-electron chi connectivity index (χ1n) is 4.27. The van der Waals surface area contributed by atoms with Crippen molar-refractivity contribution in [3.05, 3.63) is 39.6 Å². The fraction of sp³-hybridized carbons (Fsp3) is 0.200. The van der Waals surface area contributed by atoms with Gasteiger partial charge in [-0.05, 0) is 52.6 Å². The van der Waals surface area contributed by atoms with Gasteiger partial charge in [-0.2, -0.15) is 0 Å². The summed E-state index contributed by atoms with van der Waals surface area (Å²) in [6.07, 6.45) is 3.25. The minimum absolute atomic E-state index is 0.0724. The van der Waals surface area contributed by atoms with Gasteiger partial charge in [0.05, 0.1) is 12.8 Å². The average Bonchev–Trinajstić information content (AvgIpc) is 2.21. The molecule has 0 radical (unpaired) electrons. The lowest BCUT2D eigenvalue weighted by molar-refractivity contribution is 0.255. The Hall–Kier alpha value is -0.590. The van der Waals surface area contributed by atoms with Crippen LogP contribution in [0.5, 0.6) is 0 Å². The molecule has 0 aliphatic carbocycles. The van der Waals surface area contributed by atoms with Crippen LogP contribution in [0.2, 0.25) is 0 Å². The van der Waals surface area contributed by atoms with E-state index in [0.29, 0.717) is 0 Å². The van der Waals surface area contributed by atoms with E-state index in [2.05, 4.69) is 27.9 Å². The molecule has 0 saturated carbocycles. The van der Waals surface area contributed by atoms with Crippen LogP contribution in [0.15, 0.2) is 30.5 Å². The van der Waals surface area contributed by atoms with E-state index >= 15 is 0 Å². The number of nitrogens with one attached hydrogen (secondary N) is 1. The second kappa shape index (κ2) is 6.00. The summed E-state index contributed by atoms with van der Waals surface area (Å²) < 4.78 is 1.21. The zero-order valence-corrected chi connectivity index (χ0v) is 9.81. The highest BCUT2D eigenvalue weighted by Crippen LogP contribution is 2.07. The molecule has 0 aliphatic heterocycles. The van der Waals surface area contributed by atoms with Gasteiger partial charge >= 0.3 is 0 Å². The van der Waals surface area contributed by atoms with E-state index < -0.39 is 6.17 Å². The minimum Gasteiger partial charge on any atom is -0.393 e. The summed E-state index contributed by atoms with van der Waals surface area (Å²) in [6.45, 7) is -0.0724. The van der Waals surface area contributed by atoms with Crippen molar-refractivity contribution in [2.75, 3.05) is 6.61 Å². The molecule has 1 aromatic carbocycles. The van der Waals surface area contributed by atoms with E-state index in [1.54, 1.807) is 6.20 Å². The Morgan fingerprint density at radius 2 is 2.07 bits per heavy atom. The van der Waals surface area contributed by atoms with Crippen molar-refractivity contribution in [2.45, 2.75) is 6.17 Å². The first-order valence-corrected chi connectivity index (χ1v) is 5.35. The minimum atomic E-state index is -0.393. The zero-order chi connectivity index (χ0) is 10.4. The monoisotopic (exact) mass is 304 g/mol. The van der Waals surface area contributed by atoms with Crippen LogP contribution < -0.4 is 11.1 Å². The standard InChI is InChI=1S/C10H13IN2O/c11-9-3-1-8(2-4-9)5-6-13-10(12)7-14/h1-6,10,13-14H,7,12H2/b6-5+/t10-/m0/s1. The third-order valence-corrected chi connectivity index (χ3v) is 2.37. The molecule has 0 aliphatic rings. The smallest absolute Gasteiger partial charge is 0.0976 e. The number of hydrogen-bond donors (Lipinski definition) is 3. The van der Waals surface area contributed by atoms with Gasteiger partial charge in [0.1, 0.15) is 0 Å². The molecule has 0 fully saturated rings. The Morgan fingerprint density at radius 1 is 1.43 bits per heavy atom. The number of benzene rings is 1. The Balaban J connectivity index is 2.48. The van der Waals surface area contributed by atoms with E-state index in [1.165, 1.54) is 3.57 Å². The van der Waals surface area contributed by atoms with Crippen LogP contribution in [0.4, 0.5) is 0 Å². The molecular formula is C10H13IN2O. The summed E-state index contributed by atoms with van der Waals surface area (Å²) in [7, 11) is 0. The normalized spacial score (nSPS) is 13.1. The SMILES string of the molecule is N[C@H](CO)N/C=C/c1ccc(I)cc1. The molecule has 1 aromatic rings. The second-order valence-corrected chi connectivity index (χ2v) is 4.09. The predicted octanol–water partition coefficient (Wildman–Crippen LogP) is 1.13. The number of hydrogen-bond acceptors (Lipinski definition) is 3. The number of aliphatic hydroxyl groups is 1. The van der Waals surface area contributed by atoms with E-state index in [4.69, 9.17) is 10.8 Å². The maximum absolute atomic E-state index is 8.65. The predicted molar refractivity (Wildman–Crippen MR) is 66.4 cm³/mol. The van der Waals surface area contributed by atoms with Gasteiger partial charge in [0.15, 0.2) is 0 Å². The lowest BCUT2D eigenvalue weighted by Crippen LogP contribution is -2.36. The van der Waals surface area contributed by atoms with Crippen molar-refractivity contribution in [2.24, 2.45) is 5.73 Å². The van der Waals surface area contributed by atoms with Crippen LogP contribution in [-0.4, -0.2) is 17.9 Å². The first-order chi connectivity index (χ1) is 6.72. The summed E-state index contributed by atoms with van der Waals surface area (Å²) in [5.41, 5.74) is 6.55. The average molecular weight is 304 g/mol. The van der Waals surface area contributed by atoms with Gasteiger partial charge < -0.3 is 16.2 Å². The molecule has 1 rings (SSSR count). The molecule has 0 heterocycles. The van der Waals surface area contributed by atoms with Gasteiger partial charge in [-0.15, -0.1) is 0 Å². The molecule has 0 unspecified atom stereocenters. The Bertz CT molecular complexity index is 297. The van der Waals surface area contributed by atoms with Crippen LogP contribution >= 0.6 is 22.6 Å². The molecule has 0 saturated heterocycles. The maximum Gasteiger partial charge on any atom is 0.0976 e. The van der Waals surface area contributed by atoms with Crippen molar-refractivity contribution in [1.29, 1.82) is 0 Å². The summed E-state index contributed by atoms with van der Waals surface area (Å²) in [5.74, 6) is 0. The Morgan fingerprint density at radius 3 is 2.64 bits per heavy atom. The number of aliphatic hydroxyl groups excluding tert-OH is 1. The van der Waals surface area contributed by atoms with E-state index in [0.717, 1.165) is 5.56 Å². The van der Waals surface area contributed by atoms with Crippen LogP contribution in [0.3, 0.4) is 0 Å². The van der Waals surface area contributed by atoms with E-state index in [1.807, 2.05) is 30.3 Å².